The molecule has 0 aromatic carbocycles. The van der Waals surface area contributed by atoms with Gasteiger partial charge in [0.2, 0.25) is 0 Å². The monoisotopic (exact) mass is 221 g/mol. The fraction of sp³-hybridized carbons (Fsp3) is 0.769. The predicted octanol–water partition coefficient (Wildman–Crippen LogP) is 2.97. The summed E-state index contributed by atoms with van der Waals surface area (Å²) in [4.78, 5) is 0. The lowest BCUT2D eigenvalue weighted by Crippen LogP contribution is -2.16. The minimum Gasteiger partial charge on any atom is -0.324 e. The maximum atomic E-state index is 6.04. The average Bonchev–Trinajstić information content (AvgIpc) is 2.73. The van der Waals surface area contributed by atoms with Crippen LogP contribution in [0.2, 0.25) is 0 Å². The molecular weight excluding hydrogens is 198 g/mol. The van der Waals surface area contributed by atoms with Gasteiger partial charge in [-0.3, -0.25) is 4.68 Å². The molecule has 1 fully saturated rings. The second kappa shape index (κ2) is 5.00. The molecule has 1 aliphatic carbocycles. The van der Waals surface area contributed by atoms with Crippen LogP contribution < -0.4 is 5.73 Å². The molecule has 1 atom stereocenters. The molecule has 1 aromatic heterocycles. The summed E-state index contributed by atoms with van der Waals surface area (Å²) in [5, 5.41) is 4.47. The van der Waals surface area contributed by atoms with Gasteiger partial charge in [-0.1, -0.05) is 19.3 Å². The Bertz CT molecular complexity index is 335. The standard InChI is InChI=1S/C13H23N3/c1-3-16-13(11-7-5-4-6-8-11)12(9-15-16)10(2)14/h9-11H,3-8,14H2,1-2H3. The molecule has 1 unspecified atom stereocenters. The summed E-state index contributed by atoms with van der Waals surface area (Å²) in [5.74, 6) is 0.692. The van der Waals surface area contributed by atoms with E-state index in [1.807, 2.05) is 6.20 Å². The van der Waals surface area contributed by atoms with Gasteiger partial charge in [-0.25, -0.2) is 0 Å². The first kappa shape index (κ1) is 11.6. The molecular formula is C13H23N3. The van der Waals surface area contributed by atoms with Crippen LogP contribution in [0.1, 0.15) is 69.2 Å². The van der Waals surface area contributed by atoms with E-state index < -0.39 is 0 Å². The highest BCUT2D eigenvalue weighted by Gasteiger charge is 2.23. The first-order chi connectivity index (χ1) is 7.74. The Labute approximate surface area is 98.0 Å². The molecule has 16 heavy (non-hydrogen) atoms. The lowest BCUT2D eigenvalue weighted by Gasteiger charge is -2.24. The minimum absolute atomic E-state index is 0.109. The van der Waals surface area contributed by atoms with Crippen LogP contribution in [-0.2, 0) is 6.54 Å². The predicted molar refractivity (Wildman–Crippen MR) is 66.3 cm³/mol. The zero-order chi connectivity index (χ0) is 11.5. The van der Waals surface area contributed by atoms with Gasteiger partial charge in [-0.15, -0.1) is 0 Å². The number of hydrogen-bond acceptors (Lipinski definition) is 2. The van der Waals surface area contributed by atoms with Crippen LogP contribution >= 0.6 is 0 Å². The van der Waals surface area contributed by atoms with Gasteiger partial charge in [-0.05, 0) is 26.7 Å². The van der Waals surface area contributed by atoms with Gasteiger partial charge < -0.3 is 5.73 Å². The van der Waals surface area contributed by atoms with Crippen molar-refractivity contribution in [2.24, 2.45) is 5.73 Å². The van der Waals surface area contributed by atoms with Gasteiger partial charge in [0.15, 0.2) is 0 Å². The van der Waals surface area contributed by atoms with Gasteiger partial charge in [0.05, 0.1) is 6.20 Å². The number of aromatic nitrogens is 2. The average molecular weight is 221 g/mol. The van der Waals surface area contributed by atoms with Gasteiger partial charge in [0, 0.05) is 29.8 Å². The lowest BCUT2D eigenvalue weighted by atomic mass is 9.84. The summed E-state index contributed by atoms with van der Waals surface area (Å²) in [6, 6.07) is 0.109. The number of rotatable bonds is 3. The van der Waals surface area contributed by atoms with E-state index in [0.29, 0.717) is 5.92 Å². The van der Waals surface area contributed by atoms with Crippen molar-refractivity contribution in [1.82, 2.24) is 9.78 Å². The molecule has 1 saturated carbocycles. The van der Waals surface area contributed by atoms with Crippen molar-refractivity contribution in [1.29, 1.82) is 0 Å². The largest absolute Gasteiger partial charge is 0.324 e. The van der Waals surface area contributed by atoms with Gasteiger partial charge in [0.1, 0.15) is 0 Å². The molecule has 0 bridgehead atoms. The molecule has 0 amide bonds. The molecule has 2 rings (SSSR count). The first-order valence-electron chi connectivity index (χ1n) is 6.55. The molecule has 90 valence electrons. The Balaban J connectivity index is 2.31. The van der Waals surface area contributed by atoms with Gasteiger partial charge in [0.25, 0.3) is 0 Å². The zero-order valence-electron chi connectivity index (χ0n) is 10.4. The molecule has 1 aromatic rings. The van der Waals surface area contributed by atoms with E-state index in [1.165, 1.54) is 43.4 Å². The highest BCUT2D eigenvalue weighted by atomic mass is 15.3. The number of hydrogen-bond donors (Lipinski definition) is 1. The van der Waals surface area contributed by atoms with Crippen LogP contribution in [0.3, 0.4) is 0 Å². The Morgan fingerprint density at radius 1 is 1.44 bits per heavy atom. The van der Waals surface area contributed by atoms with Crippen molar-refractivity contribution in [2.75, 3.05) is 0 Å². The fourth-order valence-corrected chi connectivity index (χ4v) is 2.83. The van der Waals surface area contributed by atoms with E-state index in [4.69, 9.17) is 5.73 Å². The molecule has 3 nitrogen and oxygen atoms in total. The third-order valence-corrected chi connectivity index (χ3v) is 3.69. The third-order valence-electron chi connectivity index (χ3n) is 3.69. The van der Waals surface area contributed by atoms with Crippen molar-refractivity contribution in [2.45, 2.75) is 64.5 Å². The van der Waals surface area contributed by atoms with Crippen LogP contribution in [0.15, 0.2) is 6.20 Å². The quantitative estimate of drug-likeness (QED) is 0.852. The summed E-state index contributed by atoms with van der Waals surface area (Å²) in [6.45, 7) is 5.17. The molecule has 2 N–H and O–H groups in total. The molecule has 1 aliphatic rings. The van der Waals surface area contributed by atoms with Crippen molar-refractivity contribution in [3.63, 3.8) is 0 Å². The summed E-state index contributed by atoms with van der Waals surface area (Å²) < 4.78 is 2.15. The molecule has 0 saturated heterocycles. The molecule has 3 heteroatoms. The maximum absolute atomic E-state index is 6.04. The van der Waals surface area contributed by atoms with Gasteiger partial charge >= 0.3 is 0 Å². The minimum atomic E-state index is 0.109. The summed E-state index contributed by atoms with van der Waals surface area (Å²) in [7, 11) is 0. The van der Waals surface area contributed by atoms with E-state index >= 15 is 0 Å². The first-order valence-corrected chi connectivity index (χ1v) is 6.55. The SMILES string of the molecule is CCn1ncc(C(C)N)c1C1CCCCC1. The van der Waals surface area contributed by atoms with Crippen LogP contribution in [0.5, 0.6) is 0 Å². The topological polar surface area (TPSA) is 43.8 Å². The van der Waals surface area contributed by atoms with Crippen molar-refractivity contribution >= 4 is 0 Å². The van der Waals surface area contributed by atoms with Crippen molar-refractivity contribution in [3.8, 4) is 0 Å². The third kappa shape index (κ3) is 2.14. The van der Waals surface area contributed by atoms with E-state index in [1.54, 1.807) is 0 Å². The molecule has 0 spiro atoms. The van der Waals surface area contributed by atoms with Crippen molar-refractivity contribution in [3.05, 3.63) is 17.5 Å². The van der Waals surface area contributed by atoms with Crippen LogP contribution in [0.4, 0.5) is 0 Å². The fourth-order valence-electron chi connectivity index (χ4n) is 2.83. The van der Waals surface area contributed by atoms with E-state index in [2.05, 4.69) is 23.6 Å². The molecule has 0 radical (unpaired) electrons. The highest BCUT2D eigenvalue weighted by Crippen LogP contribution is 2.35. The van der Waals surface area contributed by atoms with E-state index in [0.717, 1.165) is 6.54 Å². The van der Waals surface area contributed by atoms with E-state index in [-0.39, 0.29) is 6.04 Å². The number of aryl methyl sites for hydroxylation is 1. The van der Waals surface area contributed by atoms with Crippen molar-refractivity contribution < 1.29 is 0 Å². The second-order valence-electron chi connectivity index (χ2n) is 4.92. The van der Waals surface area contributed by atoms with Crippen LogP contribution in [-0.4, -0.2) is 9.78 Å². The van der Waals surface area contributed by atoms with Crippen LogP contribution in [0.25, 0.3) is 0 Å². The van der Waals surface area contributed by atoms with Crippen LogP contribution in [0, 0.1) is 0 Å². The Morgan fingerprint density at radius 3 is 2.69 bits per heavy atom. The smallest absolute Gasteiger partial charge is 0.0540 e. The Morgan fingerprint density at radius 2 is 2.12 bits per heavy atom. The van der Waals surface area contributed by atoms with E-state index in [9.17, 15) is 0 Å². The molecule has 1 heterocycles. The maximum Gasteiger partial charge on any atom is 0.0540 e. The Kier molecular flexibility index (Phi) is 3.64. The number of nitrogens with two attached hydrogens (primary N) is 1. The molecule has 0 aliphatic heterocycles. The summed E-state index contributed by atoms with van der Waals surface area (Å²) >= 11 is 0. The highest BCUT2D eigenvalue weighted by molar-refractivity contribution is 5.25. The normalized spacial score (nSPS) is 19.9. The van der Waals surface area contributed by atoms with Gasteiger partial charge in [-0.2, -0.15) is 5.10 Å². The summed E-state index contributed by atoms with van der Waals surface area (Å²) in [6.07, 6.45) is 8.70. The lowest BCUT2D eigenvalue weighted by molar-refractivity contribution is 0.414. The summed E-state index contributed by atoms with van der Waals surface area (Å²) in [5.41, 5.74) is 8.71. The number of nitrogens with zero attached hydrogens (tertiary/aromatic N) is 2. The zero-order valence-corrected chi connectivity index (χ0v) is 10.4. The Hall–Kier alpha value is -0.830. The second-order valence-corrected chi connectivity index (χ2v) is 4.92.